The second-order valence-corrected chi connectivity index (χ2v) is 4.01. The van der Waals surface area contributed by atoms with Crippen LogP contribution in [-0.2, 0) is 11.2 Å². The smallest absolute Gasteiger partial charge is 0.311 e. The van der Waals surface area contributed by atoms with Crippen LogP contribution in [0, 0.1) is 18.6 Å². The van der Waals surface area contributed by atoms with Crippen molar-refractivity contribution < 1.29 is 18.7 Å². The van der Waals surface area contributed by atoms with E-state index in [0.717, 1.165) is 18.2 Å². The molecule has 0 spiro atoms. The maximum absolute atomic E-state index is 13.6. The Balaban J connectivity index is 2.52. The summed E-state index contributed by atoms with van der Waals surface area (Å²) in [5.74, 6) is -2.24. The Hall–Kier alpha value is -2.37. The Morgan fingerprint density at radius 2 is 2.00 bits per heavy atom. The van der Waals surface area contributed by atoms with Crippen molar-refractivity contribution in [3.05, 3.63) is 47.4 Å². The van der Waals surface area contributed by atoms with E-state index in [1.165, 1.54) is 6.07 Å². The highest BCUT2D eigenvalue weighted by Gasteiger charge is 2.12. The molecule has 0 saturated carbocycles. The first-order valence-corrected chi connectivity index (χ1v) is 5.47. The maximum atomic E-state index is 13.6. The number of halogens is 2. The standard InChI is InChI=1S/C13H10F2N2O2/c1-7-4-11(17-12(16-7)6-13(18)19)9-5-8(14)2-3-10(9)15/h2-5H,6H2,1H3,(H,18,19). The largest absolute Gasteiger partial charge is 0.481 e. The first-order valence-electron chi connectivity index (χ1n) is 5.47. The van der Waals surface area contributed by atoms with Crippen LogP contribution in [0.2, 0.25) is 0 Å². The van der Waals surface area contributed by atoms with Crippen molar-refractivity contribution in [1.82, 2.24) is 9.97 Å². The minimum absolute atomic E-state index is 0.0165. The predicted molar refractivity (Wildman–Crippen MR) is 63.5 cm³/mol. The fourth-order valence-corrected chi connectivity index (χ4v) is 1.68. The van der Waals surface area contributed by atoms with E-state index in [9.17, 15) is 13.6 Å². The number of carbonyl (C=O) groups is 1. The van der Waals surface area contributed by atoms with Crippen LogP contribution in [0.15, 0.2) is 24.3 Å². The number of nitrogens with zero attached hydrogens (tertiary/aromatic N) is 2. The molecule has 0 fully saturated rings. The topological polar surface area (TPSA) is 63.1 Å². The van der Waals surface area contributed by atoms with Gasteiger partial charge in [-0.3, -0.25) is 4.79 Å². The molecule has 0 aliphatic rings. The zero-order chi connectivity index (χ0) is 14.0. The molecule has 1 aromatic heterocycles. The quantitative estimate of drug-likeness (QED) is 0.924. The molecular formula is C13H10F2N2O2. The van der Waals surface area contributed by atoms with Gasteiger partial charge in [-0.15, -0.1) is 0 Å². The summed E-state index contributed by atoms with van der Waals surface area (Å²) in [7, 11) is 0. The molecule has 2 aromatic rings. The van der Waals surface area contributed by atoms with E-state index in [0.29, 0.717) is 5.69 Å². The summed E-state index contributed by atoms with van der Waals surface area (Å²) in [4.78, 5) is 18.5. The lowest BCUT2D eigenvalue weighted by Gasteiger charge is -2.06. The van der Waals surface area contributed by atoms with Gasteiger partial charge in [0.1, 0.15) is 23.9 Å². The molecule has 0 radical (unpaired) electrons. The summed E-state index contributed by atoms with van der Waals surface area (Å²) >= 11 is 0. The summed E-state index contributed by atoms with van der Waals surface area (Å²) in [5, 5.41) is 8.70. The third-order valence-electron chi connectivity index (χ3n) is 2.41. The van der Waals surface area contributed by atoms with Crippen LogP contribution in [0.4, 0.5) is 8.78 Å². The highest BCUT2D eigenvalue weighted by molar-refractivity contribution is 5.69. The second kappa shape index (κ2) is 5.09. The van der Waals surface area contributed by atoms with Gasteiger partial charge in [-0.2, -0.15) is 0 Å². The number of hydrogen-bond donors (Lipinski definition) is 1. The van der Waals surface area contributed by atoms with Crippen LogP contribution in [0.3, 0.4) is 0 Å². The van der Waals surface area contributed by atoms with Gasteiger partial charge in [0.15, 0.2) is 0 Å². The highest BCUT2D eigenvalue weighted by Crippen LogP contribution is 2.22. The third-order valence-corrected chi connectivity index (χ3v) is 2.41. The molecule has 0 amide bonds. The van der Waals surface area contributed by atoms with E-state index < -0.39 is 17.6 Å². The molecule has 6 heteroatoms. The van der Waals surface area contributed by atoms with Gasteiger partial charge in [-0.05, 0) is 31.2 Å². The van der Waals surface area contributed by atoms with Gasteiger partial charge in [0.2, 0.25) is 0 Å². The van der Waals surface area contributed by atoms with Gasteiger partial charge in [-0.1, -0.05) is 0 Å². The lowest BCUT2D eigenvalue weighted by atomic mass is 10.1. The first-order chi connectivity index (χ1) is 8.95. The van der Waals surface area contributed by atoms with Crippen LogP contribution in [0.1, 0.15) is 11.5 Å². The van der Waals surface area contributed by atoms with Crippen molar-refractivity contribution in [1.29, 1.82) is 0 Å². The summed E-state index contributed by atoms with van der Waals surface area (Å²) in [5.41, 5.74) is 0.641. The van der Waals surface area contributed by atoms with Gasteiger partial charge >= 0.3 is 5.97 Å². The number of aryl methyl sites for hydroxylation is 1. The molecule has 1 aromatic carbocycles. The summed E-state index contributed by atoms with van der Waals surface area (Å²) < 4.78 is 26.8. The Morgan fingerprint density at radius 1 is 1.26 bits per heavy atom. The Kier molecular flexibility index (Phi) is 3.50. The van der Waals surface area contributed by atoms with Crippen molar-refractivity contribution in [2.45, 2.75) is 13.3 Å². The van der Waals surface area contributed by atoms with Gasteiger partial charge in [0.25, 0.3) is 0 Å². The number of aromatic nitrogens is 2. The number of aliphatic carboxylic acids is 1. The summed E-state index contributed by atoms with van der Waals surface area (Å²) in [6.07, 6.45) is -0.369. The molecule has 1 heterocycles. The average molecular weight is 264 g/mol. The van der Waals surface area contributed by atoms with Crippen molar-refractivity contribution in [3.63, 3.8) is 0 Å². The molecule has 98 valence electrons. The molecule has 0 unspecified atom stereocenters. The van der Waals surface area contributed by atoms with E-state index in [1.54, 1.807) is 6.92 Å². The summed E-state index contributed by atoms with van der Waals surface area (Å²) in [6.45, 7) is 1.63. The van der Waals surface area contributed by atoms with Gasteiger partial charge in [0.05, 0.1) is 5.69 Å². The SMILES string of the molecule is Cc1cc(-c2cc(F)ccc2F)nc(CC(=O)O)n1. The monoisotopic (exact) mass is 264 g/mol. The van der Waals surface area contributed by atoms with Gasteiger partial charge < -0.3 is 5.11 Å². The average Bonchev–Trinajstić information content (AvgIpc) is 2.30. The number of benzene rings is 1. The normalized spacial score (nSPS) is 10.5. The van der Waals surface area contributed by atoms with E-state index in [2.05, 4.69) is 9.97 Å². The van der Waals surface area contributed by atoms with Crippen LogP contribution >= 0.6 is 0 Å². The van der Waals surface area contributed by atoms with Gasteiger partial charge in [-0.25, -0.2) is 18.7 Å². The minimum Gasteiger partial charge on any atom is -0.481 e. The third kappa shape index (κ3) is 3.09. The maximum Gasteiger partial charge on any atom is 0.311 e. The van der Waals surface area contributed by atoms with Gasteiger partial charge in [0, 0.05) is 11.3 Å². The molecule has 1 N–H and O–H groups in total. The number of rotatable bonds is 3. The van der Waals surface area contributed by atoms with E-state index in [4.69, 9.17) is 5.11 Å². The molecule has 0 atom stereocenters. The molecule has 0 saturated heterocycles. The molecular weight excluding hydrogens is 254 g/mol. The fraction of sp³-hybridized carbons (Fsp3) is 0.154. The lowest BCUT2D eigenvalue weighted by Crippen LogP contribution is -2.07. The minimum atomic E-state index is -1.09. The van der Waals surface area contributed by atoms with Crippen LogP contribution in [0.5, 0.6) is 0 Å². The highest BCUT2D eigenvalue weighted by atomic mass is 19.1. The molecule has 0 bridgehead atoms. The van der Waals surface area contributed by atoms with E-state index in [1.807, 2.05) is 0 Å². The van der Waals surface area contributed by atoms with Crippen molar-refractivity contribution in [2.75, 3.05) is 0 Å². The molecule has 0 aliphatic carbocycles. The fourth-order valence-electron chi connectivity index (χ4n) is 1.68. The zero-order valence-corrected chi connectivity index (χ0v) is 10.0. The van der Waals surface area contributed by atoms with Crippen molar-refractivity contribution in [3.8, 4) is 11.3 Å². The zero-order valence-electron chi connectivity index (χ0n) is 10.0. The second-order valence-electron chi connectivity index (χ2n) is 4.01. The number of carboxylic acids is 1. The van der Waals surface area contributed by atoms with Crippen LogP contribution < -0.4 is 0 Å². The van der Waals surface area contributed by atoms with E-state index >= 15 is 0 Å². The van der Waals surface area contributed by atoms with Crippen molar-refractivity contribution >= 4 is 5.97 Å². The van der Waals surface area contributed by atoms with Crippen molar-refractivity contribution in [2.24, 2.45) is 0 Å². The van der Waals surface area contributed by atoms with Crippen LogP contribution in [-0.4, -0.2) is 21.0 Å². The molecule has 4 nitrogen and oxygen atoms in total. The Morgan fingerprint density at radius 3 is 2.68 bits per heavy atom. The lowest BCUT2D eigenvalue weighted by molar-refractivity contribution is -0.136. The molecule has 0 aliphatic heterocycles. The Bertz CT molecular complexity index is 645. The number of carboxylic acid groups (broad SMARTS) is 1. The molecule has 19 heavy (non-hydrogen) atoms. The Labute approximate surface area is 107 Å². The van der Waals surface area contributed by atoms with E-state index in [-0.39, 0.29) is 23.5 Å². The number of hydrogen-bond acceptors (Lipinski definition) is 3. The first kappa shape index (κ1) is 13.1. The summed E-state index contributed by atoms with van der Waals surface area (Å²) in [6, 6.07) is 4.49. The molecule has 2 rings (SSSR count). The van der Waals surface area contributed by atoms with Crippen LogP contribution in [0.25, 0.3) is 11.3 Å². The predicted octanol–water partition coefficient (Wildman–Crippen LogP) is 2.36.